The Morgan fingerprint density at radius 3 is 2.85 bits per heavy atom. The first-order valence-electron chi connectivity index (χ1n) is 8.04. The van der Waals surface area contributed by atoms with Crippen molar-refractivity contribution in [3.05, 3.63) is 52.4 Å². The molecule has 3 rings (SSSR count). The molecule has 0 spiro atoms. The molecular formula is C18H18ClFN4O2. The maximum Gasteiger partial charge on any atom is 0.231 e. The molecule has 0 atom stereocenters. The molecule has 0 saturated heterocycles. The zero-order chi connectivity index (χ0) is 18.7. The average molecular weight is 377 g/mol. The van der Waals surface area contributed by atoms with E-state index in [1.165, 1.54) is 12.1 Å². The number of anilines is 1. The Hall–Kier alpha value is -2.51. The van der Waals surface area contributed by atoms with Crippen LogP contribution in [0.2, 0.25) is 5.15 Å². The van der Waals surface area contributed by atoms with E-state index in [2.05, 4.69) is 15.3 Å². The van der Waals surface area contributed by atoms with E-state index in [0.717, 1.165) is 5.56 Å². The summed E-state index contributed by atoms with van der Waals surface area (Å²) in [5.74, 6) is -0.306. The van der Waals surface area contributed by atoms with E-state index >= 15 is 0 Å². The Kier molecular flexibility index (Phi) is 5.49. The minimum atomic E-state index is -0.362. The second kappa shape index (κ2) is 7.80. The molecule has 1 amide bonds. The summed E-state index contributed by atoms with van der Waals surface area (Å²) in [7, 11) is 1.59. The molecule has 0 aliphatic carbocycles. The number of halogens is 2. The molecular weight excluding hydrogens is 359 g/mol. The van der Waals surface area contributed by atoms with Gasteiger partial charge in [0, 0.05) is 7.11 Å². The van der Waals surface area contributed by atoms with Gasteiger partial charge in [0.15, 0.2) is 5.65 Å². The van der Waals surface area contributed by atoms with Crippen molar-refractivity contribution in [2.75, 3.05) is 19.0 Å². The number of methoxy groups -OCH3 is 1. The zero-order valence-corrected chi connectivity index (χ0v) is 15.2. The van der Waals surface area contributed by atoms with Gasteiger partial charge in [0.1, 0.15) is 16.5 Å². The van der Waals surface area contributed by atoms with E-state index < -0.39 is 0 Å². The lowest BCUT2D eigenvalue weighted by molar-refractivity contribution is -0.115. The number of nitrogens with zero attached hydrogens (tertiary/aromatic N) is 3. The van der Waals surface area contributed by atoms with E-state index in [1.54, 1.807) is 36.8 Å². The molecule has 0 aliphatic heterocycles. The fraction of sp³-hybridized carbons (Fsp3) is 0.278. The van der Waals surface area contributed by atoms with Gasteiger partial charge in [0.05, 0.1) is 19.6 Å². The van der Waals surface area contributed by atoms with Gasteiger partial charge < -0.3 is 4.74 Å². The van der Waals surface area contributed by atoms with E-state index in [4.69, 9.17) is 16.3 Å². The summed E-state index contributed by atoms with van der Waals surface area (Å²) in [5.41, 5.74) is 2.54. The number of fused-ring (bicyclic) bond motifs is 1. The first kappa shape index (κ1) is 18.3. The summed E-state index contributed by atoms with van der Waals surface area (Å²) in [6.45, 7) is 2.66. The fourth-order valence-corrected chi connectivity index (χ4v) is 2.88. The molecule has 0 bridgehead atoms. The van der Waals surface area contributed by atoms with Crippen LogP contribution >= 0.6 is 11.6 Å². The molecule has 0 unspecified atom stereocenters. The lowest BCUT2D eigenvalue weighted by Gasteiger charge is -2.09. The Balaban J connectivity index is 1.85. The van der Waals surface area contributed by atoms with Crippen molar-refractivity contribution >= 4 is 34.6 Å². The number of pyridine rings is 1. The number of aryl methyl sites for hydroxylation is 1. The average Bonchev–Trinajstić information content (AvgIpc) is 2.88. The highest BCUT2D eigenvalue weighted by molar-refractivity contribution is 6.29. The van der Waals surface area contributed by atoms with Gasteiger partial charge in [0.25, 0.3) is 0 Å². The lowest BCUT2D eigenvalue weighted by Crippen LogP contribution is -2.19. The van der Waals surface area contributed by atoms with Crippen LogP contribution in [-0.2, 0) is 22.5 Å². The van der Waals surface area contributed by atoms with Crippen LogP contribution in [0.5, 0.6) is 0 Å². The third-order valence-electron chi connectivity index (χ3n) is 3.80. The molecule has 26 heavy (non-hydrogen) atoms. The van der Waals surface area contributed by atoms with Crippen LogP contribution in [0.25, 0.3) is 11.2 Å². The first-order valence-corrected chi connectivity index (χ1v) is 8.41. The van der Waals surface area contributed by atoms with Crippen LogP contribution < -0.4 is 5.32 Å². The second-order valence-electron chi connectivity index (χ2n) is 5.92. The SMILES string of the molecule is COCCn1c(NC(=O)Cc2cc(C)cc(F)c2)nc2ccc(Cl)nc21. The third-order valence-corrected chi connectivity index (χ3v) is 4.01. The van der Waals surface area contributed by atoms with Gasteiger partial charge in [0.2, 0.25) is 11.9 Å². The van der Waals surface area contributed by atoms with Gasteiger partial charge in [-0.05, 0) is 42.3 Å². The van der Waals surface area contributed by atoms with Gasteiger partial charge in [-0.25, -0.2) is 14.4 Å². The Bertz CT molecular complexity index is 938. The fourth-order valence-electron chi connectivity index (χ4n) is 2.74. The minimum Gasteiger partial charge on any atom is -0.383 e. The number of rotatable bonds is 6. The van der Waals surface area contributed by atoms with Crippen LogP contribution in [0.4, 0.5) is 10.3 Å². The van der Waals surface area contributed by atoms with Crippen LogP contribution in [0.3, 0.4) is 0 Å². The Morgan fingerprint density at radius 2 is 2.12 bits per heavy atom. The molecule has 0 radical (unpaired) electrons. The minimum absolute atomic E-state index is 0.0419. The number of benzene rings is 1. The molecule has 1 N–H and O–H groups in total. The molecule has 1 aromatic carbocycles. The van der Waals surface area contributed by atoms with E-state index in [-0.39, 0.29) is 18.1 Å². The van der Waals surface area contributed by atoms with Gasteiger partial charge in [-0.1, -0.05) is 17.7 Å². The second-order valence-corrected chi connectivity index (χ2v) is 6.31. The standard InChI is InChI=1S/C18H18ClFN4O2/c1-11-7-12(9-13(20)8-11)10-16(25)23-18-21-14-3-4-15(19)22-17(14)24(18)5-6-26-2/h3-4,7-9H,5-6,10H2,1-2H3,(H,21,23,25). The number of imidazole rings is 1. The quantitative estimate of drug-likeness (QED) is 0.670. The van der Waals surface area contributed by atoms with E-state index in [1.807, 2.05) is 0 Å². The number of hydrogen-bond donors (Lipinski definition) is 1. The monoisotopic (exact) mass is 376 g/mol. The Morgan fingerprint density at radius 1 is 1.31 bits per heavy atom. The number of aromatic nitrogens is 3. The predicted octanol–water partition coefficient (Wildman–Crippen LogP) is 3.36. The number of carbonyl (C=O) groups excluding carboxylic acids is 1. The van der Waals surface area contributed by atoms with Gasteiger partial charge >= 0.3 is 0 Å². The maximum atomic E-state index is 13.5. The van der Waals surface area contributed by atoms with Crippen molar-refractivity contribution < 1.29 is 13.9 Å². The highest BCUT2D eigenvalue weighted by Crippen LogP contribution is 2.20. The molecule has 8 heteroatoms. The summed E-state index contributed by atoms with van der Waals surface area (Å²) < 4.78 is 20.4. The molecule has 0 fully saturated rings. The highest BCUT2D eigenvalue weighted by atomic mass is 35.5. The number of carbonyl (C=O) groups is 1. The van der Waals surface area contributed by atoms with Crippen molar-refractivity contribution in [2.24, 2.45) is 0 Å². The summed E-state index contributed by atoms with van der Waals surface area (Å²) in [5, 5.41) is 3.10. The third kappa shape index (κ3) is 4.17. The summed E-state index contributed by atoms with van der Waals surface area (Å²) >= 11 is 5.97. The lowest BCUT2D eigenvalue weighted by atomic mass is 10.1. The van der Waals surface area contributed by atoms with Gasteiger partial charge in [-0.2, -0.15) is 0 Å². The first-order chi connectivity index (χ1) is 12.5. The normalized spacial score (nSPS) is 11.1. The van der Waals surface area contributed by atoms with Crippen molar-refractivity contribution in [1.82, 2.24) is 14.5 Å². The van der Waals surface area contributed by atoms with Crippen molar-refractivity contribution in [3.63, 3.8) is 0 Å². The molecule has 3 aromatic rings. The number of ether oxygens (including phenoxy) is 1. The number of nitrogens with one attached hydrogen (secondary N) is 1. The van der Waals surface area contributed by atoms with Gasteiger partial charge in [-0.3, -0.25) is 14.7 Å². The molecule has 2 aromatic heterocycles. The van der Waals surface area contributed by atoms with Crippen LogP contribution in [0, 0.1) is 12.7 Å². The molecule has 0 saturated carbocycles. The van der Waals surface area contributed by atoms with E-state index in [9.17, 15) is 9.18 Å². The predicted molar refractivity (Wildman–Crippen MR) is 97.9 cm³/mol. The number of hydrogen-bond acceptors (Lipinski definition) is 4. The maximum absolute atomic E-state index is 13.5. The van der Waals surface area contributed by atoms with Crippen LogP contribution in [0.15, 0.2) is 30.3 Å². The van der Waals surface area contributed by atoms with Crippen molar-refractivity contribution in [3.8, 4) is 0 Å². The highest BCUT2D eigenvalue weighted by Gasteiger charge is 2.15. The summed E-state index contributed by atoms with van der Waals surface area (Å²) in [4.78, 5) is 21.1. The van der Waals surface area contributed by atoms with Crippen LogP contribution in [0.1, 0.15) is 11.1 Å². The summed E-state index contributed by atoms with van der Waals surface area (Å²) in [6.07, 6.45) is 0.0419. The summed E-state index contributed by atoms with van der Waals surface area (Å²) in [6, 6.07) is 7.92. The largest absolute Gasteiger partial charge is 0.383 e. The van der Waals surface area contributed by atoms with Crippen LogP contribution in [-0.4, -0.2) is 34.2 Å². The molecule has 136 valence electrons. The molecule has 6 nitrogen and oxygen atoms in total. The zero-order valence-electron chi connectivity index (χ0n) is 14.4. The topological polar surface area (TPSA) is 69.0 Å². The Labute approximate surface area is 155 Å². The molecule has 0 aliphatic rings. The van der Waals surface area contributed by atoms with Crippen molar-refractivity contribution in [1.29, 1.82) is 0 Å². The van der Waals surface area contributed by atoms with Crippen molar-refractivity contribution in [2.45, 2.75) is 19.9 Å². The smallest absolute Gasteiger partial charge is 0.231 e. The molecule has 2 heterocycles. The van der Waals surface area contributed by atoms with E-state index in [0.29, 0.717) is 41.0 Å². The van der Waals surface area contributed by atoms with Gasteiger partial charge in [-0.15, -0.1) is 0 Å². The number of amides is 1.